The molecule has 10 heteroatoms. The van der Waals surface area contributed by atoms with E-state index < -0.39 is 17.8 Å². The summed E-state index contributed by atoms with van der Waals surface area (Å²) in [4.78, 5) is 15.2. The van der Waals surface area contributed by atoms with E-state index in [0.29, 0.717) is 17.2 Å². The second-order valence-electron chi connectivity index (χ2n) is 5.17. The van der Waals surface area contributed by atoms with Crippen molar-refractivity contribution in [1.29, 1.82) is 0 Å². The molecule has 2 aromatic rings. The van der Waals surface area contributed by atoms with Crippen LogP contribution in [0.5, 0.6) is 0 Å². The van der Waals surface area contributed by atoms with Crippen molar-refractivity contribution >= 4 is 23.1 Å². The van der Waals surface area contributed by atoms with Gasteiger partial charge in [-0.1, -0.05) is 6.07 Å². The maximum Gasteiger partial charge on any atom is 0.435 e. The summed E-state index contributed by atoms with van der Waals surface area (Å²) < 4.78 is 45.4. The number of thiophene rings is 1. The topological polar surface area (TPSA) is 84.1 Å². The van der Waals surface area contributed by atoms with Crippen LogP contribution in [0, 0.1) is 0 Å². The number of hydrogen-bond donors (Lipinski definition) is 2. The zero-order chi connectivity index (χ0) is 17.3. The molecule has 0 bridgehead atoms. The van der Waals surface area contributed by atoms with Crippen molar-refractivity contribution in [2.75, 3.05) is 6.61 Å². The first-order valence-electron chi connectivity index (χ1n) is 7.06. The van der Waals surface area contributed by atoms with Crippen LogP contribution < -0.4 is 10.7 Å². The number of aromatic nitrogens is 2. The molecule has 6 nitrogen and oxygen atoms in total. The van der Waals surface area contributed by atoms with Gasteiger partial charge in [0.15, 0.2) is 5.69 Å². The Hall–Kier alpha value is -2.20. The molecule has 1 aliphatic heterocycles. The summed E-state index contributed by atoms with van der Waals surface area (Å²) in [6.45, 7) is -0.208. The molecule has 1 amide bonds. The predicted octanol–water partition coefficient (Wildman–Crippen LogP) is 0.0488. The van der Waals surface area contributed by atoms with Gasteiger partial charge in [0, 0.05) is 17.7 Å². The first-order valence-corrected chi connectivity index (χ1v) is 7.94. The van der Waals surface area contributed by atoms with Crippen LogP contribution in [0.1, 0.15) is 21.8 Å². The summed E-state index contributed by atoms with van der Waals surface area (Å²) in [7, 11) is 0. The van der Waals surface area contributed by atoms with Crippen LogP contribution in [0.2, 0.25) is 0 Å². The highest BCUT2D eigenvalue weighted by molar-refractivity contribution is 7.12. The van der Waals surface area contributed by atoms with Gasteiger partial charge in [0.2, 0.25) is 0 Å². The number of carbonyl (C=O) groups excluding carboxylic acids is 1. The number of fused-ring (bicyclic) bond motifs is 1. The Morgan fingerprint density at radius 3 is 2.96 bits per heavy atom. The largest absolute Gasteiger partial charge is 0.435 e. The van der Waals surface area contributed by atoms with Gasteiger partial charge in [-0.15, -0.1) is 11.3 Å². The van der Waals surface area contributed by atoms with Gasteiger partial charge in [-0.2, -0.15) is 18.3 Å². The molecule has 3 heterocycles. The summed E-state index contributed by atoms with van der Waals surface area (Å²) >= 11 is 1.35. The van der Waals surface area contributed by atoms with E-state index in [9.17, 15) is 18.0 Å². The fourth-order valence-corrected chi connectivity index (χ4v) is 3.13. The number of nitrogen functional groups attached to an aromatic ring is 1. The normalized spacial score (nSPS) is 15.4. The van der Waals surface area contributed by atoms with Crippen molar-refractivity contribution in [2.45, 2.75) is 25.7 Å². The number of halogens is 3. The molecule has 0 saturated carbocycles. The summed E-state index contributed by atoms with van der Waals surface area (Å²) in [5, 5.41) is 5.38. The summed E-state index contributed by atoms with van der Waals surface area (Å²) in [5.41, 5.74) is 5.14. The quantitative estimate of drug-likeness (QED) is 0.599. The molecule has 0 atom stereocenters. The third kappa shape index (κ3) is 3.34. The lowest BCUT2D eigenvalue weighted by atomic mass is 10.1. The van der Waals surface area contributed by atoms with Gasteiger partial charge in [-0.25, -0.2) is 9.79 Å². The number of amides is 1. The SMILES string of the molecule is NC(=[NH+]C(=O)Cn1nc(C(F)(F)F)c2c1CCOC2)c1cccs1. The molecule has 0 spiro atoms. The van der Waals surface area contributed by atoms with Crippen LogP contribution in [0.3, 0.4) is 0 Å². The fourth-order valence-electron chi connectivity index (χ4n) is 2.49. The molecular formula is C14H14F3N4O2S+. The number of alkyl halides is 3. The van der Waals surface area contributed by atoms with E-state index >= 15 is 0 Å². The van der Waals surface area contributed by atoms with Gasteiger partial charge in [-0.05, 0) is 11.4 Å². The second kappa shape index (κ2) is 6.36. The Morgan fingerprint density at radius 1 is 1.50 bits per heavy atom. The maximum atomic E-state index is 13.1. The molecule has 0 aromatic carbocycles. The standard InChI is InChI=1S/C14H13F3N4O2S/c15-14(16,17)12-8-7-23-4-3-9(8)21(20-12)6-11(22)19-13(18)10-2-1-5-24-10/h1-2,5H,3-4,6-7H2,(H2,18,19,22)/p+1. The molecule has 0 unspecified atom stereocenters. The number of amidine groups is 1. The van der Waals surface area contributed by atoms with Crippen molar-refractivity contribution in [2.24, 2.45) is 5.73 Å². The molecule has 0 aliphatic carbocycles. The lowest BCUT2D eigenvalue weighted by Crippen LogP contribution is -2.80. The van der Waals surface area contributed by atoms with E-state index in [2.05, 4.69) is 10.1 Å². The van der Waals surface area contributed by atoms with Gasteiger partial charge >= 0.3 is 12.1 Å². The number of nitrogens with two attached hydrogens (primary N) is 1. The predicted molar refractivity (Wildman–Crippen MR) is 79.2 cm³/mol. The average molecular weight is 359 g/mol. The minimum Gasteiger partial charge on any atom is -0.376 e. The molecule has 3 N–H and O–H groups in total. The number of nitrogens with one attached hydrogen (secondary N) is 1. The van der Waals surface area contributed by atoms with Crippen molar-refractivity contribution in [3.05, 3.63) is 39.3 Å². The molecular weight excluding hydrogens is 345 g/mol. The minimum absolute atomic E-state index is 0.00300. The van der Waals surface area contributed by atoms with Crippen LogP contribution in [-0.4, -0.2) is 28.1 Å². The van der Waals surface area contributed by atoms with Gasteiger partial charge in [-0.3, -0.25) is 10.4 Å². The Morgan fingerprint density at radius 2 is 2.29 bits per heavy atom. The van der Waals surface area contributed by atoms with Crippen LogP contribution in [0.4, 0.5) is 13.2 Å². The maximum absolute atomic E-state index is 13.1. The lowest BCUT2D eigenvalue weighted by molar-refractivity contribution is -0.379. The highest BCUT2D eigenvalue weighted by atomic mass is 32.1. The molecule has 0 fully saturated rings. The van der Waals surface area contributed by atoms with Crippen molar-refractivity contribution < 1.29 is 27.7 Å². The Bertz CT molecular complexity index is 781. The van der Waals surface area contributed by atoms with Crippen LogP contribution in [-0.2, 0) is 35.3 Å². The molecule has 2 aromatic heterocycles. The first kappa shape index (κ1) is 16.7. The third-order valence-corrected chi connectivity index (χ3v) is 4.42. The Kier molecular flexibility index (Phi) is 4.41. The third-order valence-electron chi connectivity index (χ3n) is 3.52. The number of nitrogens with zero attached hydrogens (tertiary/aromatic N) is 2. The van der Waals surface area contributed by atoms with Crippen molar-refractivity contribution in [3.63, 3.8) is 0 Å². The smallest absolute Gasteiger partial charge is 0.376 e. The molecule has 3 rings (SSSR count). The summed E-state index contributed by atoms with van der Waals surface area (Å²) in [6, 6.07) is 3.51. The van der Waals surface area contributed by atoms with E-state index in [4.69, 9.17) is 10.5 Å². The molecule has 0 saturated heterocycles. The number of carbonyl (C=O) groups is 1. The van der Waals surface area contributed by atoms with E-state index in [1.807, 2.05) is 0 Å². The van der Waals surface area contributed by atoms with Gasteiger partial charge in [0.1, 0.15) is 11.4 Å². The highest BCUT2D eigenvalue weighted by Crippen LogP contribution is 2.34. The highest BCUT2D eigenvalue weighted by Gasteiger charge is 2.40. The zero-order valence-electron chi connectivity index (χ0n) is 12.4. The Balaban J connectivity index is 1.86. The number of hydrogen-bond acceptors (Lipinski definition) is 4. The fraction of sp³-hybridized carbons (Fsp3) is 0.357. The van der Waals surface area contributed by atoms with Gasteiger partial charge < -0.3 is 4.74 Å². The summed E-state index contributed by atoms with van der Waals surface area (Å²) in [5.74, 6) is -0.373. The average Bonchev–Trinajstić information content (AvgIpc) is 3.15. The van der Waals surface area contributed by atoms with Crippen LogP contribution in [0.25, 0.3) is 0 Å². The lowest BCUT2D eigenvalue weighted by Gasteiger charge is -2.14. The molecule has 128 valence electrons. The first-order chi connectivity index (χ1) is 11.4. The minimum atomic E-state index is -4.59. The number of ether oxygens (including phenoxy) is 1. The second-order valence-corrected chi connectivity index (χ2v) is 6.12. The van der Waals surface area contributed by atoms with Gasteiger partial charge in [0.05, 0.1) is 13.2 Å². The Labute approximate surface area is 138 Å². The molecule has 24 heavy (non-hydrogen) atoms. The van der Waals surface area contributed by atoms with Crippen molar-refractivity contribution in [3.8, 4) is 0 Å². The number of rotatable bonds is 3. The summed E-state index contributed by atoms with van der Waals surface area (Å²) in [6.07, 6.45) is -4.32. The van der Waals surface area contributed by atoms with E-state index in [1.54, 1.807) is 17.5 Å². The van der Waals surface area contributed by atoms with Crippen LogP contribution >= 0.6 is 11.3 Å². The van der Waals surface area contributed by atoms with Crippen molar-refractivity contribution in [1.82, 2.24) is 9.78 Å². The molecule has 0 radical (unpaired) electrons. The van der Waals surface area contributed by atoms with E-state index in [-0.39, 0.29) is 31.0 Å². The van der Waals surface area contributed by atoms with E-state index in [1.165, 1.54) is 11.3 Å². The van der Waals surface area contributed by atoms with E-state index in [0.717, 1.165) is 4.68 Å². The van der Waals surface area contributed by atoms with Gasteiger partial charge in [0.25, 0.3) is 5.84 Å². The zero-order valence-corrected chi connectivity index (χ0v) is 13.2. The van der Waals surface area contributed by atoms with Crippen LogP contribution in [0.15, 0.2) is 17.5 Å². The molecule has 1 aliphatic rings. The monoisotopic (exact) mass is 359 g/mol.